The van der Waals surface area contributed by atoms with Gasteiger partial charge in [-0.05, 0) is 86.1 Å². The van der Waals surface area contributed by atoms with E-state index in [1.165, 1.54) is 35.1 Å². The topological polar surface area (TPSA) is 29.4 Å². The van der Waals surface area contributed by atoms with E-state index in [1.54, 1.807) is 6.92 Å². The second-order valence-electron chi connectivity index (χ2n) is 9.02. The Kier molecular flexibility index (Phi) is 8.79. The minimum Gasteiger partial charge on any atom is -0.295 e. The number of ketones is 1. The molecule has 0 aromatic heterocycles. The smallest absolute Gasteiger partial charge is 0.159 e. The van der Waals surface area contributed by atoms with Crippen LogP contribution in [0.4, 0.5) is 0 Å². The van der Waals surface area contributed by atoms with Crippen molar-refractivity contribution in [3.8, 4) is 0 Å². The molecule has 0 N–H and O–H groups in total. The number of aliphatic imine (C=N–C) groups is 1. The van der Waals surface area contributed by atoms with Gasteiger partial charge in [-0.15, -0.1) is 0 Å². The maximum atomic E-state index is 11.9. The van der Waals surface area contributed by atoms with Crippen LogP contribution in [0.1, 0.15) is 75.2 Å². The molecule has 0 aliphatic heterocycles. The molecule has 0 radical (unpaired) electrons. The van der Waals surface area contributed by atoms with Gasteiger partial charge in [-0.2, -0.15) is 0 Å². The van der Waals surface area contributed by atoms with Crippen LogP contribution in [0.15, 0.2) is 83.4 Å². The summed E-state index contributed by atoms with van der Waals surface area (Å²) in [5.74, 6) is 0.825. The fourth-order valence-corrected chi connectivity index (χ4v) is 4.72. The minimum absolute atomic E-state index is 0.115. The van der Waals surface area contributed by atoms with Crippen LogP contribution in [0.5, 0.6) is 0 Å². The van der Waals surface area contributed by atoms with Crippen LogP contribution in [0, 0.1) is 11.8 Å². The van der Waals surface area contributed by atoms with Crippen molar-refractivity contribution >= 4 is 17.1 Å². The van der Waals surface area contributed by atoms with E-state index in [2.05, 4.69) is 69.0 Å². The normalized spacial score (nSPS) is 21.8. The molecule has 1 aromatic carbocycles. The summed E-state index contributed by atoms with van der Waals surface area (Å²) in [6.07, 6.45) is 19.8. The Hall–Kier alpha value is -2.74. The van der Waals surface area contributed by atoms with Crippen molar-refractivity contribution in [2.75, 3.05) is 6.54 Å². The van der Waals surface area contributed by atoms with E-state index in [0.717, 1.165) is 43.5 Å². The predicted octanol–water partition coefficient (Wildman–Crippen LogP) is 7.95. The van der Waals surface area contributed by atoms with Gasteiger partial charge in [0.15, 0.2) is 5.78 Å². The summed E-state index contributed by atoms with van der Waals surface area (Å²) in [6, 6.07) is 8.10. The Morgan fingerprint density at radius 2 is 2.00 bits per heavy atom. The number of carbonyl (C=O) groups is 1. The fraction of sp³-hybridized carbons (Fsp3) is 0.400. The third kappa shape index (κ3) is 6.38. The first-order valence-electron chi connectivity index (χ1n) is 12.0. The Bertz CT molecular complexity index is 986. The summed E-state index contributed by atoms with van der Waals surface area (Å²) in [5, 5.41) is 0. The Balaban J connectivity index is 1.75. The van der Waals surface area contributed by atoms with Gasteiger partial charge < -0.3 is 0 Å². The van der Waals surface area contributed by atoms with Crippen LogP contribution in [-0.2, 0) is 0 Å². The lowest BCUT2D eigenvalue weighted by Crippen LogP contribution is -2.21. The van der Waals surface area contributed by atoms with Crippen molar-refractivity contribution < 1.29 is 4.79 Å². The lowest BCUT2D eigenvalue weighted by Gasteiger charge is -2.30. The third-order valence-corrected chi connectivity index (χ3v) is 6.77. The SMILES string of the molecule is C=C(C(C)=NCCC1=CCC=CC=C1)C1CCCCC=C(c2cccc(C(C)=O)c2)C1C. The number of rotatable bonds is 7. The average molecular weight is 428 g/mol. The summed E-state index contributed by atoms with van der Waals surface area (Å²) in [7, 11) is 0. The van der Waals surface area contributed by atoms with E-state index in [0.29, 0.717) is 11.8 Å². The van der Waals surface area contributed by atoms with E-state index >= 15 is 0 Å². The highest BCUT2D eigenvalue weighted by Gasteiger charge is 2.26. The van der Waals surface area contributed by atoms with Gasteiger partial charge in [0, 0.05) is 17.8 Å². The third-order valence-electron chi connectivity index (χ3n) is 6.77. The molecule has 3 rings (SSSR count). The molecule has 2 aliphatic rings. The number of Topliss-reactive ketones (excluding diaryl/α,β-unsaturated/α-hetero) is 1. The number of hydrogen-bond donors (Lipinski definition) is 0. The maximum Gasteiger partial charge on any atom is 0.159 e. The minimum atomic E-state index is 0.115. The van der Waals surface area contributed by atoms with Crippen LogP contribution in [0.25, 0.3) is 5.57 Å². The molecule has 2 nitrogen and oxygen atoms in total. The zero-order valence-corrected chi connectivity index (χ0v) is 19.9. The molecule has 168 valence electrons. The zero-order valence-electron chi connectivity index (χ0n) is 19.9. The maximum absolute atomic E-state index is 11.9. The van der Waals surface area contributed by atoms with Gasteiger partial charge in [0.1, 0.15) is 0 Å². The number of allylic oxidation sites excluding steroid dienone is 8. The molecular weight excluding hydrogens is 390 g/mol. The quantitative estimate of drug-likeness (QED) is 0.321. The van der Waals surface area contributed by atoms with Crippen LogP contribution in [0.3, 0.4) is 0 Å². The number of benzene rings is 1. The average Bonchev–Trinajstić information content (AvgIpc) is 3.05. The van der Waals surface area contributed by atoms with Gasteiger partial charge in [-0.25, -0.2) is 0 Å². The molecule has 0 saturated heterocycles. The molecule has 0 bridgehead atoms. The van der Waals surface area contributed by atoms with Crippen molar-refractivity contribution in [1.29, 1.82) is 0 Å². The molecule has 2 unspecified atom stereocenters. The van der Waals surface area contributed by atoms with Crippen LogP contribution in [-0.4, -0.2) is 18.0 Å². The molecule has 0 fully saturated rings. The van der Waals surface area contributed by atoms with Crippen LogP contribution >= 0.6 is 0 Å². The first-order chi connectivity index (χ1) is 15.5. The van der Waals surface area contributed by atoms with Gasteiger partial charge in [0.2, 0.25) is 0 Å². The molecule has 2 heteroatoms. The summed E-state index contributed by atoms with van der Waals surface area (Å²) in [4.78, 5) is 16.8. The van der Waals surface area contributed by atoms with E-state index in [4.69, 9.17) is 4.99 Å². The molecule has 0 heterocycles. The number of carbonyl (C=O) groups excluding carboxylic acids is 1. The van der Waals surface area contributed by atoms with Crippen molar-refractivity contribution in [1.82, 2.24) is 0 Å². The van der Waals surface area contributed by atoms with E-state index < -0.39 is 0 Å². The lowest BCUT2D eigenvalue weighted by atomic mass is 9.74. The highest BCUT2D eigenvalue weighted by Crippen LogP contribution is 2.38. The van der Waals surface area contributed by atoms with Crippen molar-refractivity contribution in [2.24, 2.45) is 16.8 Å². The molecule has 32 heavy (non-hydrogen) atoms. The van der Waals surface area contributed by atoms with Gasteiger partial charge >= 0.3 is 0 Å². The van der Waals surface area contributed by atoms with E-state index in [-0.39, 0.29) is 5.78 Å². The van der Waals surface area contributed by atoms with Gasteiger partial charge in [-0.3, -0.25) is 9.79 Å². The summed E-state index contributed by atoms with van der Waals surface area (Å²) in [5.41, 5.74) is 6.89. The highest BCUT2D eigenvalue weighted by molar-refractivity contribution is 5.98. The Morgan fingerprint density at radius 3 is 2.81 bits per heavy atom. The van der Waals surface area contributed by atoms with Crippen molar-refractivity contribution in [3.05, 3.63) is 89.6 Å². The second-order valence-corrected chi connectivity index (χ2v) is 9.02. The molecule has 0 amide bonds. The number of hydrogen-bond acceptors (Lipinski definition) is 2. The van der Waals surface area contributed by atoms with Crippen molar-refractivity contribution in [2.45, 2.75) is 59.3 Å². The van der Waals surface area contributed by atoms with Gasteiger partial charge in [0.25, 0.3) is 0 Å². The van der Waals surface area contributed by atoms with Crippen LogP contribution < -0.4 is 0 Å². The largest absolute Gasteiger partial charge is 0.295 e. The summed E-state index contributed by atoms with van der Waals surface area (Å²) in [6.45, 7) is 11.4. The van der Waals surface area contributed by atoms with E-state index in [1.807, 2.05) is 12.1 Å². The monoisotopic (exact) mass is 427 g/mol. The molecule has 1 aromatic rings. The van der Waals surface area contributed by atoms with Crippen LogP contribution in [0.2, 0.25) is 0 Å². The molecule has 0 saturated carbocycles. The molecular formula is C30H37NO. The molecule has 2 atom stereocenters. The lowest BCUT2D eigenvalue weighted by molar-refractivity contribution is 0.101. The molecule has 0 spiro atoms. The summed E-state index contributed by atoms with van der Waals surface area (Å²) < 4.78 is 0. The predicted molar refractivity (Wildman–Crippen MR) is 138 cm³/mol. The number of nitrogens with zero attached hydrogens (tertiary/aromatic N) is 1. The highest BCUT2D eigenvalue weighted by atomic mass is 16.1. The zero-order chi connectivity index (χ0) is 22.9. The Morgan fingerprint density at radius 1 is 1.16 bits per heavy atom. The van der Waals surface area contributed by atoms with E-state index in [9.17, 15) is 4.79 Å². The van der Waals surface area contributed by atoms with Crippen molar-refractivity contribution in [3.63, 3.8) is 0 Å². The molecule has 2 aliphatic carbocycles. The first-order valence-corrected chi connectivity index (χ1v) is 12.0. The first kappa shape index (κ1) is 23.9. The second kappa shape index (κ2) is 11.8. The fourth-order valence-electron chi connectivity index (χ4n) is 4.72. The Labute approximate surface area is 194 Å². The van der Waals surface area contributed by atoms with Gasteiger partial charge in [-0.1, -0.05) is 74.6 Å². The standard InChI is InChI=1S/C30H37NO/c1-22(24(3)31-20-19-26-13-8-5-6-9-14-26)29-17-10-7-11-18-30(23(29)2)28-16-12-15-27(21-28)25(4)32/h5-6,8,12-16,18,21,23,29H,1,7,9-11,17,19-20H2,2-4H3. The van der Waals surface area contributed by atoms with Gasteiger partial charge in [0.05, 0.1) is 0 Å². The summed E-state index contributed by atoms with van der Waals surface area (Å²) >= 11 is 0.